The van der Waals surface area contributed by atoms with Crippen molar-refractivity contribution in [2.75, 3.05) is 0 Å². The highest BCUT2D eigenvalue weighted by molar-refractivity contribution is 6.08. The summed E-state index contributed by atoms with van der Waals surface area (Å²) in [5.74, 6) is 0. The van der Waals surface area contributed by atoms with Crippen LogP contribution in [0, 0.1) is 0 Å². The van der Waals surface area contributed by atoms with Gasteiger partial charge in [0.2, 0.25) is 0 Å². The average Bonchev–Trinajstić information content (AvgIpc) is 2.93. The van der Waals surface area contributed by atoms with E-state index < -0.39 is 0 Å². The zero-order valence-corrected chi connectivity index (χ0v) is 12.5. The number of para-hydroxylation sites is 2. The van der Waals surface area contributed by atoms with E-state index in [4.69, 9.17) is 4.42 Å². The summed E-state index contributed by atoms with van der Waals surface area (Å²) in [5.41, 5.74) is 4.78. The summed E-state index contributed by atoms with van der Waals surface area (Å²) in [7, 11) is 0. The van der Waals surface area contributed by atoms with Crippen LogP contribution < -0.4 is 5.32 Å². The largest absolute Gasteiger partial charge is 0.455 e. The number of fused-ring (bicyclic) bond motifs is 5. The molecule has 110 valence electrons. The van der Waals surface area contributed by atoms with Crippen LogP contribution >= 0.6 is 0 Å². The first-order valence-electron chi connectivity index (χ1n) is 8.26. The third-order valence-electron chi connectivity index (χ3n) is 5.14. The fourth-order valence-electron chi connectivity index (χ4n) is 4.12. The van der Waals surface area contributed by atoms with E-state index in [1.54, 1.807) is 0 Å². The van der Waals surface area contributed by atoms with Crippen molar-refractivity contribution in [3.05, 3.63) is 54.1 Å². The predicted molar refractivity (Wildman–Crippen MR) is 90.9 cm³/mol. The molecule has 0 amide bonds. The van der Waals surface area contributed by atoms with Crippen LogP contribution in [0.25, 0.3) is 27.5 Å². The van der Waals surface area contributed by atoms with Gasteiger partial charge in [0.05, 0.1) is 0 Å². The van der Waals surface area contributed by atoms with Crippen molar-refractivity contribution in [2.24, 2.45) is 0 Å². The lowest BCUT2D eigenvalue weighted by atomic mass is 9.84. The van der Waals surface area contributed by atoms with Gasteiger partial charge >= 0.3 is 0 Å². The van der Waals surface area contributed by atoms with Crippen LogP contribution in [-0.4, -0.2) is 12.1 Å². The Morgan fingerprint density at radius 1 is 0.955 bits per heavy atom. The number of benzene rings is 2. The average molecular weight is 289 g/mol. The van der Waals surface area contributed by atoms with Gasteiger partial charge in [-0.05, 0) is 30.9 Å². The van der Waals surface area contributed by atoms with E-state index in [2.05, 4.69) is 47.8 Å². The third-order valence-corrected chi connectivity index (χ3v) is 5.14. The molecule has 2 aliphatic rings. The molecule has 3 aromatic rings. The van der Waals surface area contributed by atoms with E-state index in [0.29, 0.717) is 12.1 Å². The van der Waals surface area contributed by atoms with Gasteiger partial charge in [-0.25, -0.2) is 0 Å². The summed E-state index contributed by atoms with van der Waals surface area (Å²) in [6, 6.07) is 16.1. The lowest BCUT2D eigenvalue weighted by molar-refractivity contribution is 0.348. The van der Waals surface area contributed by atoms with E-state index in [1.807, 2.05) is 6.07 Å². The molecule has 2 unspecified atom stereocenters. The lowest BCUT2D eigenvalue weighted by Crippen LogP contribution is -2.44. The second kappa shape index (κ2) is 4.72. The molecule has 0 radical (unpaired) electrons. The molecule has 0 saturated carbocycles. The van der Waals surface area contributed by atoms with Crippen LogP contribution in [0.5, 0.6) is 0 Å². The summed E-state index contributed by atoms with van der Waals surface area (Å²) >= 11 is 0. The lowest BCUT2D eigenvalue weighted by Gasteiger charge is -2.35. The zero-order valence-electron chi connectivity index (χ0n) is 12.5. The number of nitrogens with one attached hydrogen (secondary N) is 1. The Bertz CT molecular complexity index is 889. The third kappa shape index (κ3) is 1.84. The quantitative estimate of drug-likeness (QED) is 0.690. The fourth-order valence-corrected chi connectivity index (χ4v) is 4.12. The van der Waals surface area contributed by atoms with Crippen LogP contribution in [0.2, 0.25) is 0 Å². The van der Waals surface area contributed by atoms with Gasteiger partial charge in [-0.2, -0.15) is 0 Å². The minimum absolute atomic E-state index is 0.544. The van der Waals surface area contributed by atoms with Gasteiger partial charge in [0.25, 0.3) is 0 Å². The molecule has 2 aromatic carbocycles. The van der Waals surface area contributed by atoms with E-state index in [1.165, 1.54) is 41.2 Å². The van der Waals surface area contributed by atoms with Crippen LogP contribution in [0.3, 0.4) is 0 Å². The Morgan fingerprint density at radius 2 is 1.86 bits per heavy atom. The van der Waals surface area contributed by atoms with Crippen molar-refractivity contribution in [3.63, 3.8) is 0 Å². The first-order chi connectivity index (χ1) is 10.9. The Labute approximate surface area is 129 Å². The molecule has 5 rings (SSSR count). The smallest absolute Gasteiger partial charge is 0.142 e. The Balaban J connectivity index is 1.73. The van der Waals surface area contributed by atoms with E-state index >= 15 is 0 Å². The highest BCUT2D eigenvalue weighted by Crippen LogP contribution is 2.37. The molecule has 2 nitrogen and oxygen atoms in total. The molecule has 3 heterocycles. The molecule has 0 spiro atoms. The number of hydrogen-bond donors (Lipinski definition) is 1. The highest BCUT2D eigenvalue weighted by atomic mass is 16.3. The summed E-state index contributed by atoms with van der Waals surface area (Å²) in [6.45, 7) is 0. The molecular formula is C20H19NO. The van der Waals surface area contributed by atoms with Gasteiger partial charge in [0, 0.05) is 28.4 Å². The minimum atomic E-state index is 0.544. The second-order valence-electron chi connectivity index (χ2n) is 6.58. The van der Waals surface area contributed by atoms with Gasteiger partial charge in [-0.3, -0.25) is 0 Å². The fraction of sp³-hybridized carbons (Fsp3) is 0.300. The second-order valence-corrected chi connectivity index (χ2v) is 6.58. The Morgan fingerprint density at radius 3 is 2.82 bits per heavy atom. The topological polar surface area (TPSA) is 25.2 Å². The van der Waals surface area contributed by atoms with Crippen molar-refractivity contribution in [2.45, 2.75) is 37.8 Å². The summed E-state index contributed by atoms with van der Waals surface area (Å²) in [5, 5.41) is 6.17. The Kier molecular flexibility index (Phi) is 2.68. The first-order valence-corrected chi connectivity index (χ1v) is 8.26. The molecule has 2 aliphatic heterocycles. The van der Waals surface area contributed by atoms with Gasteiger partial charge < -0.3 is 9.73 Å². The molecule has 22 heavy (non-hydrogen) atoms. The van der Waals surface area contributed by atoms with Crippen LogP contribution in [0.4, 0.5) is 0 Å². The monoisotopic (exact) mass is 289 g/mol. The predicted octanol–water partition coefficient (Wildman–Crippen LogP) is 4.88. The number of piperidine rings is 1. The SMILES string of the molecule is C1=C(c2cccc3c2oc2ccccc23)CC2CCCC1N2. The number of rotatable bonds is 1. The molecule has 1 saturated heterocycles. The maximum atomic E-state index is 6.20. The molecule has 1 aromatic heterocycles. The van der Waals surface area contributed by atoms with Gasteiger partial charge in [-0.15, -0.1) is 0 Å². The maximum Gasteiger partial charge on any atom is 0.142 e. The molecular weight excluding hydrogens is 270 g/mol. The molecule has 0 aliphatic carbocycles. The molecule has 2 heteroatoms. The van der Waals surface area contributed by atoms with Crippen LogP contribution in [0.15, 0.2) is 53.0 Å². The number of hydrogen-bond acceptors (Lipinski definition) is 2. The molecule has 1 N–H and O–H groups in total. The van der Waals surface area contributed by atoms with Gasteiger partial charge in [0.15, 0.2) is 0 Å². The minimum Gasteiger partial charge on any atom is -0.455 e. The molecule has 2 atom stereocenters. The van der Waals surface area contributed by atoms with Crippen molar-refractivity contribution in [1.82, 2.24) is 5.32 Å². The van der Waals surface area contributed by atoms with Crippen molar-refractivity contribution < 1.29 is 4.42 Å². The van der Waals surface area contributed by atoms with Crippen LogP contribution in [-0.2, 0) is 0 Å². The highest BCUT2D eigenvalue weighted by Gasteiger charge is 2.27. The number of furan rings is 1. The van der Waals surface area contributed by atoms with Crippen molar-refractivity contribution in [1.29, 1.82) is 0 Å². The van der Waals surface area contributed by atoms with Crippen LogP contribution in [0.1, 0.15) is 31.2 Å². The van der Waals surface area contributed by atoms with Crippen molar-refractivity contribution >= 4 is 27.5 Å². The first kappa shape index (κ1) is 12.5. The molecule has 2 bridgehead atoms. The van der Waals surface area contributed by atoms with Gasteiger partial charge in [-0.1, -0.05) is 48.9 Å². The van der Waals surface area contributed by atoms with Crippen molar-refractivity contribution in [3.8, 4) is 0 Å². The zero-order chi connectivity index (χ0) is 14.5. The molecule has 1 fully saturated rings. The summed E-state index contributed by atoms with van der Waals surface area (Å²) in [4.78, 5) is 0. The van der Waals surface area contributed by atoms with Gasteiger partial charge in [0.1, 0.15) is 11.2 Å². The normalized spacial score (nSPS) is 24.6. The standard InChI is InChI=1S/C20H19NO/c1-2-10-19-17(7-1)18-9-4-8-16(20(18)22-19)13-11-14-5-3-6-15(12-13)21-14/h1-2,4,7-11,14-15,21H,3,5-6,12H2. The van der Waals surface area contributed by atoms with E-state index in [-0.39, 0.29) is 0 Å². The summed E-state index contributed by atoms with van der Waals surface area (Å²) in [6.07, 6.45) is 7.45. The summed E-state index contributed by atoms with van der Waals surface area (Å²) < 4.78 is 6.20. The maximum absolute atomic E-state index is 6.20. The Hall–Kier alpha value is -2.06. The van der Waals surface area contributed by atoms with E-state index in [9.17, 15) is 0 Å². The van der Waals surface area contributed by atoms with E-state index in [0.717, 1.165) is 17.6 Å².